The first-order valence-electron chi connectivity index (χ1n) is 13.0. The lowest BCUT2D eigenvalue weighted by atomic mass is 9.90. The lowest BCUT2D eigenvalue weighted by Crippen LogP contribution is -2.48. The number of aromatic nitrogens is 1. The van der Waals surface area contributed by atoms with Crippen LogP contribution in [0.5, 0.6) is 0 Å². The minimum atomic E-state index is -5.03. The van der Waals surface area contributed by atoms with Gasteiger partial charge in [-0.2, -0.15) is 26.3 Å². The molecule has 2 aromatic carbocycles. The SMILES string of the molecule is O=C(N[C@H]1CCCC[C@@H]1Nc1cc(N2CCCC2)c2ccccc2n1)c1cc(C(F)(F)F)cc(C(F)(F)F)c1. The summed E-state index contributed by atoms with van der Waals surface area (Å²) in [4.78, 5) is 20.0. The smallest absolute Gasteiger partial charge is 0.371 e. The fourth-order valence-electron chi connectivity index (χ4n) is 5.45. The standard InChI is InChI=1S/C28H28F6N4O/c29-27(30,31)18-13-17(14-19(15-18)28(32,33)34)26(39)37-23-10-4-3-9-22(23)36-25-16-24(38-11-5-6-12-38)20-7-1-2-8-21(20)35-25/h1-2,7-8,13-16,22-23H,3-6,9-12H2,(H,35,36)(H,37,39)/t22-,23-/m0/s1. The number of anilines is 2. The first kappa shape index (κ1) is 27.1. The summed E-state index contributed by atoms with van der Waals surface area (Å²) in [5.74, 6) is -0.366. The van der Waals surface area contributed by atoms with Gasteiger partial charge in [-0.25, -0.2) is 4.98 Å². The molecule has 1 amide bonds. The molecule has 1 saturated heterocycles. The Hall–Kier alpha value is -3.50. The van der Waals surface area contributed by atoms with E-state index in [1.54, 1.807) is 0 Å². The van der Waals surface area contributed by atoms with E-state index >= 15 is 0 Å². The normalized spacial score (nSPS) is 20.3. The molecule has 1 saturated carbocycles. The third-order valence-electron chi connectivity index (χ3n) is 7.41. The minimum absolute atomic E-state index is 0.0189. The highest BCUT2D eigenvalue weighted by Crippen LogP contribution is 2.37. The number of fused-ring (bicyclic) bond motifs is 1. The Morgan fingerprint density at radius 1 is 0.821 bits per heavy atom. The summed E-state index contributed by atoms with van der Waals surface area (Å²) in [6.45, 7) is 1.87. The number of hydrogen-bond donors (Lipinski definition) is 2. The summed E-state index contributed by atoms with van der Waals surface area (Å²) in [5, 5.41) is 7.13. The molecule has 2 aliphatic rings. The van der Waals surface area contributed by atoms with Gasteiger partial charge < -0.3 is 15.5 Å². The highest BCUT2D eigenvalue weighted by Gasteiger charge is 2.38. The molecule has 1 aliphatic carbocycles. The van der Waals surface area contributed by atoms with Crippen molar-refractivity contribution in [2.24, 2.45) is 0 Å². The van der Waals surface area contributed by atoms with E-state index in [4.69, 9.17) is 4.98 Å². The van der Waals surface area contributed by atoms with Crippen molar-refractivity contribution in [3.63, 3.8) is 0 Å². The van der Waals surface area contributed by atoms with E-state index in [0.717, 1.165) is 55.4 Å². The molecule has 1 aliphatic heterocycles. The van der Waals surface area contributed by atoms with Crippen LogP contribution in [0.1, 0.15) is 60.0 Å². The van der Waals surface area contributed by atoms with E-state index in [1.165, 1.54) is 0 Å². The van der Waals surface area contributed by atoms with Crippen LogP contribution in [0.25, 0.3) is 10.9 Å². The second kappa shape index (κ2) is 10.6. The van der Waals surface area contributed by atoms with Crippen molar-refractivity contribution >= 4 is 28.3 Å². The third kappa shape index (κ3) is 6.07. The molecule has 3 aromatic rings. The van der Waals surface area contributed by atoms with Crippen LogP contribution in [0.4, 0.5) is 37.8 Å². The predicted molar refractivity (Wildman–Crippen MR) is 137 cm³/mol. The number of halogens is 6. The fraction of sp³-hybridized carbons (Fsp3) is 0.429. The first-order chi connectivity index (χ1) is 18.5. The quantitative estimate of drug-likeness (QED) is 0.335. The molecule has 208 valence electrons. The lowest BCUT2D eigenvalue weighted by Gasteiger charge is -2.33. The van der Waals surface area contributed by atoms with Crippen LogP contribution in [0.15, 0.2) is 48.5 Å². The van der Waals surface area contributed by atoms with E-state index in [2.05, 4.69) is 15.5 Å². The molecule has 2 heterocycles. The molecular formula is C28H28F6N4O. The van der Waals surface area contributed by atoms with E-state index in [-0.39, 0.29) is 12.1 Å². The molecule has 11 heteroatoms. The summed E-state index contributed by atoms with van der Waals surface area (Å²) in [7, 11) is 0. The number of carbonyl (C=O) groups excluding carboxylic acids is 1. The van der Waals surface area contributed by atoms with E-state index < -0.39 is 41.0 Å². The molecule has 5 nitrogen and oxygen atoms in total. The zero-order valence-corrected chi connectivity index (χ0v) is 21.0. The minimum Gasteiger partial charge on any atom is -0.371 e. The van der Waals surface area contributed by atoms with Crippen molar-refractivity contribution in [1.82, 2.24) is 10.3 Å². The fourth-order valence-corrected chi connectivity index (χ4v) is 5.45. The van der Waals surface area contributed by atoms with E-state index in [0.29, 0.717) is 30.8 Å². The number of carbonyl (C=O) groups is 1. The summed E-state index contributed by atoms with van der Waals surface area (Å²) in [5.41, 5.74) is -1.85. The Bertz CT molecular complexity index is 1320. The number of benzene rings is 2. The summed E-state index contributed by atoms with van der Waals surface area (Å²) in [6.07, 6.45) is -5.04. The van der Waals surface area contributed by atoms with Gasteiger partial charge in [-0.3, -0.25) is 4.79 Å². The second-order valence-electron chi connectivity index (χ2n) is 10.1. The summed E-state index contributed by atoms with van der Waals surface area (Å²) >= 11 is 0. The van der Waals surface area contributed by atoms with E-state index in [9.17, 15) is 31.1 Å². The molecule has 0 bridgehead atoms. The van der Waals surface area contributed by atoms with Crippen molar-refractivity contribution in [1.29, 1.82) is 0 Å². The Kier molecular flexibility index (Phi) is 7.35. The maximum atomic E-state index is 13.3. The maximum absolute atomic E-state index is 13.3. The average molecular weight is 551 g/mol. The van der Waals surface area contributed by atoms with Crippen LogP contribution in [0.2, 0.25) is 0 Å². The van der Waals surface area contributed by atoms with Gasteiger partial charge in [-0.1, -0.05) is 31.0 Å². The summed E-state index contributed by atoms with van der Waals surface area (Å²) < 4.78 is 79.8. The first-order valence-corrected chi connectivity index (χ1v) is 13.0. The number of alkyl halides is 6. The number of amides is 1. The van der Waals surface area contributed by atoms with Crippen LogP contribution < -0.4 is 15.5 Å². The molecule has 1 aromatic heterocycles. The van der Waals surface area contributed by atoms with Gasteiger partial charge in [-0.05, 0) is 49.9 Å². The highest BCUT2D eigenvalue weighted by atomic mass is 19.4. The predicted octanol–water partition coefficient (Wildman–Crippen LogP) is 7.03. The maximum Gasteiger partial charge on any atom is 0.416 e. The largest absolute Gasteiger partial charge is 0.416 e. The van der Waals surface area contributed by atoms with Crippen molar-refractivity contribution in [2.45, 2.75) is 63.0 Å². The van der Waals surface area contributed by atoms with Crippen molar-refractivity contribution < 1.29 is 31.1 Å². The Morgan fingerprint density at radius 2 is 1.44 bits per heavy atom. The number of nitrogens with zero attached hydrogens (tertiary/aromatic N) is 2. The monoisotopic (exact) mass is 550 g/mol. The van der Waals surface area contributed by atoms with Gasteiger partial charge in [0.05, 0.1) is 16.6 Å². The van der Waals surface area contributed by atoms with Crippen LogP contribution >= 0.6 is 0 Å². The highest BCUT2D eigenvalue weighted by molar-refractivity contribution is 5.95. The van der Waals surface area contributed by atoms with Crippen LogP contribution in [-0.4, -0.2) is 36.1 Å². The molecule has 39 heavy (non-hydrogen) atoms. The number of hydrogen-bond acceptors (Lipinski definition) is 4. The van der Waals surface area contributed by atoms with Gasteiger partial charge >= 0.3 is 12.4 Å². The molecule has 0 spiro atoms. The van der Waals surface area contributed by atoms with E-state index in [1.807, 2.05) is 30.3 Å². The van der Waals surface area contributed by atoms with Gasteiger partial charge in [0.25, 0.3) is 5.91 Å². The van der Waals surface area contributed by atoms with Crippen molar-refractivity contribution in [3.05, 3.63) is 65.2 Å². The van der Waals surface area contributed by atoms with Crippen molar-refractivity contribution in [3.8, 4) is 0 Å². The molecule has 5 rings (SSSR count). The van der Waals surface area contributed by atoms with Gasteiger partial charge in [0.1, 0.15) is 5.82 Å². The van der Waals surface area contributed by atoms with Gasteiger partial charge in [-0.15, -0.1) is 0 Å². The Morgan fingerprint density at radius 3 is 2.08 bits per heavy atom. The van der Waals surface area contributed by atoms with Crippen LogP contribution in [0, 0.1) is 0 Å². The lowest BCUT2D eigenvalue weighted by molar-refractivity contribution is -0.143. The molecular weight excluding hydrogens is 522 g/mol. The van der Waals surface area contributed by atoms with Crippen molar-refractivity contribution in [2.75, 3.05) is 23.3 Å². The molecule has 2 N–H and O–H groups in total. The number of rotatable bonds is 5. The second-order valence-corrected chi connectivity index (χ2v) is 10.1. The zero-order chi connectivity index (χ0) is 27.8. The molecule has 2 atom stereocenters. The number of para-hydroxylation sites is 1. The molecule has 0 radical (unpaired) electrons. The average Bonchev–Trinajstić information content (AvgIpc) is 3.43. The van der Waals surface area contributed by atoms with Gasteiger partial charge in [0.15, 0.2) is 0 Å². The number of nitrogens with one attached hydrogen (secondary N) is 2. The molecule has 0 unspecified atom stereocenters. The topological polar surface area (TPSA) is 57.3 Å². The zero-order valence-electron chi connectivity index (χ0n) is 21.0. The number of pyridine rings is 1. The van der Waals surface area contributed by atoms with Crippen LogP contribution in [0.3, 0.4) is 0 Å². The molecule has 2 fully saturated rings. The van der Waals surface area contributed by atoms with Gasteiger partial charge in [0.2, 0.25) is 0 Å². The Labute approximate surface area is 221 Å². The summed E-state index contributed by atoms with van der Waals surface area (Å²) in [6, 6.07) is 9.93. The van der Waals surface area contributed by atoms with Crippen LogP contribution in [-0.2, 0) is 12.4 Å². The van der Waals surface area contributed by atoms with Gasteiger partial charge in [0, 0.05) is 47.9 Å². The Balaban J connectivity index is 1.40. The third-order valence-corrected chi connectivity index (χ3v) is 7.41.